The number of piperazine rings is 1. The van der Waals surface area contributed by atoms with Gasteiger partial charge in [0.2, 0.25) is 0 Å². The third-order valence-electron chi connectivity index (χ3n) is 5.60. The molecule has 1 aromatic carbocycles. The van der Waals surface area contributed by atoms with E-state index >= 15 is 0 Å². The predicted octanol–water partition coefficient (Wildman–Crippen LogP) is 4.45. The van der Waals surface area contributed by atoms with Gasteiger partial charge in [-0.1, -0.05) is 17.7 Å². The van der Waals surface area contributed by atoms with Crippen LogP contribution in [0.3, 0.4) is 0 Å². The number of nitrogens with zero attached hydrogens (tertiary/aromatic N) is 4. The van der Waals surface area contributed by atoms with E-state index in [1.54, 1.807) is 23.1 Å². The monoisotopic (exact) mass is 461 g/mol. The number of aryl methyl sites for hydroxylation is 1. The van der Waals surface area contributed by atoms with Crippen molar-refractivity contribution in [3.63, 3.8) is 0 Å². The number of benzene rings is 1. The molecule has 4 rings (SSSR count). The third-order valence-corrected chi connectivity index (χ3v) is 6.32. The number of thiocarbonyl (C=S) groups is 1. The van der Waals surface area contributed by atoms with Gasteiger partial charge in [-0.2, -0.15) is 5.10 Å². The van der Waals surface area contributed by atoms with E-state index < -0.39 is 0 Å². The summed E-state index contributed by atoms with van der Waals surface area (Å²) in [6.45, 7) is 8.42. The lowest BCUT2D eigenvalue weighted by Crippen LogP contribution is -2.49. The Bertz CT molecular complexity index is 1040. The molecule has 0 amide bonds. The van der Waals surface area contributed by atoms with Crippen molar-refractivity contribution in [2.75, 3.05) is 31.5 Å². The molecule has 1 saturated heterocycles. The first-order valence-electron chi connectivity index (χ1n) is 10.2. The smallest absolute Gasteiger partial charge is 0.173 e. The summed E-state index contributed by atoms with van der Waals surface area (Å²) in [4.78, 5) is 4.52. The summed E-state index contributed by atoms with van der Waals surface area (Å²) in [5.74, 6) is 0.639. The van der Waals surface area contributed by atoms with Crippen LogP contribution in [0.25, 0.3) is 0 Å². The molecular formula is C22H25ClFN5OS. The number of nitrogens with one attached hydrogen (secondary N) is 1. The van der Waals surface area contributed by atoms with Gasteiger partial charge in [-0.3, -0.25) is 9.58 Å². The number of hydrogen-bond acceptors (Lipinski definition) is 4. The third kappa shape index (κ3) is 4.92. The quantitative estimate of drug-likeness (QED) is 0.566. The van der Waals surface area contributed by atoms with Crippen molar-refractivity contribution in [1.82, 2.24) is 19.6 Å². The van der Waals surface area contributed by atoms with Crippen LogP contribution in [0.2, 0.25) is 5.02 Å². The topological polar surface area (TPSA) is 49.5 Å². The summed E-state index contributed by atoms with van der Waals surface area (Å²) in [6.07, 6.45) is 1.70. The van der Waals surface area contributed by atoms with Gasteiger partial charge in [0.1, 0.15) is 11.6 Å². The van der Waals surface area contributed by atoms with Crippen molar-refractivity contribution >= 4 is 34.6 Å². The minimum atomic E-state index is -0.336. The maximum Gasteiger partial charge on any atom is 0.173 e. The summed E-state index contributed by atoms with van der Waals surface area (Å²) >= 11 is 11.9. The summed E-state index contributed by atoms with van der Waals surface area (Å²) in [7, 11) is 0. The van der Waals surface area contributed by atoms with Gasteiger partial charge in [0.15, 0.2) is 5.11 Å². The molecule has 164 valence electrons. The van der Waals surface area contributed by atoms with Crippen molar-refractivity contribution in [2.24, 2.45) is 0 Å². The molecule has 6 nitrogen and oxygen atoms in total. The molecule has 0 unspecified atom stereocenters. The SMILES string of the molecule is Cc1nn(Cc2c(F)cccc2Cl)c(C)c1NC(=S)N1CCN(Cc2ccco2)CC1. The van der Waals surface area contributed by atoms with Crippen LogP contribution in [0.15, 0.2) is 41.0 Å². The van der Waals surface area contributed by atoms with Gasteiger partial charge in [0.25, 0.3) is 0 Å². The normalized spacial score (nSPS) is 14.8. The van der Waals surface area contributed by atoms with Crippen molar-refractivity contribution in [2.45, 2.75) is 26.9 Å². The molecule has 0 spiro atoms. The van der Waals surface area contributed by atoms with Crippen molar-refractivity contribution in [3.05, 3.63) is 70.1 Å². The molecule has 3 aromatic rings. The maximum atomic E-state index is 14.2. The Kier molecular flexibility index (Phi) is 6.60. The fourth-order valence-corrected chi connectivity index (χ4v) is 4.29. The second kappa shape index (κ2) is 9.38. The molecule has 1 N–H and O–H groups in total. The predicted molar refractivity (Wildman–Crippen MR) is 124 cm³/mol. The summed E-state index contributed by atoms with van der Waals surface area (Å²) in [5, 5.41) is 8.99. The lowest BCUT2D eigenvalue weighted by atomic mass is 10.2. The molecule has 0 aliphatic carbocycles. The van der Waals surface area contributed by atoms with Crippen LogP contribution in [0.1, 0.15) is 22.7 Å². The zero-order chi connectivity index (χ0) is 22.0. The molecule has 0 saturated carbocycles. The Morgan fingerprint density at radius 3 is 2.61 bits per heavy atom. The molecule has 1 fully saturated rings. The molecule has 0 atom stereocenters. The molecule has 3 heterocycles. The average Bonchev–Trinajstić information content (AvgIpc) is 3.35. The van der Waals surface area contributed by atoms with Crippen LogP contribution in [-0.2, 0) is 13.1 Å². The minimum Gasteiger partial charge on any atom is -0.468 e. The highest BCUT2D eigenvalue weighted by atomic mass is 35.5. The second-order valence-corrected chi connectivity index (χ2v) is 8.47. The van der Waals surface area contributed by atoms with E-state index in [4.69, 9.17) is 28.2 Å². The van der Waals surface area contributed by atoms with Gasteiger partial charge in [-0.05, 0) is 50.3 Å². The number of rotatable bonds is 5. The number of aromatic nitrogens is 2. The number of furan rings is 1. The van der Waals surface area contributed by atoms with Crippen molar-refractivity contribution < 1.29 is 8.81 Å². The van der Waals surface area contributed by atoms with Gasteiger partial charge in [-0.15, -0.1) is 0 Å². The molecule has 31 heavy (non-hydrogen) atoms. The zero-order valence-corrected chi connectivity index (χ0v) is 19.1. The van der Waals surface area contributed by atoms with E-state index in [0.717, 1.165) is 55.6 Å². The summed E-state index contributed by atoms with van der Waals surface area (Å²) in [6, 6.07) is 8.60. The number of hydrogen-bond donors (Lipinski definition) is 1. The van der Waals surface area contributed by atoms with Crippen molar-refractivity contribution in [1.29, 1.82) is 0 Å². The number of anilines is 1. The Hall–Kier alpha value is -2.42. The Labute approximate surface area is 191 Å². The highest BCUT2D eigenvalue weighted by Crippen LogP contribution is 2.25. The lowest BCUT2D eigenvalue weighted by Gasteiger charge is -2.35. The van der Waals surface area contributed by atoms with Gasteiger partial charge in [0.05, 0.1) is 36.4 Å². The standard InChI is InChI=1S/C22H25ClFN5OS/c1-15-21(16(2)29(26-15)14-18-19(23)6-3-7-20(18)24)25-22(31)28-10-8-27(9-11-28)13-17-5-4-12-30-17/h3-7,12H,8-11,13-14H2,1-2H3,(H,25,31). The number of halogens is 2. The van der Waals surface area contributed by atoms with E-state index in [1.165, 1.54) is 6.07 Å². The molecule has 1 aliphatic heterocycles. The van der Waals surface area contributed by atoms with Gasteiger partial charge >= 0.3 is 0 Å². The van der Waals surface area contributed by atoms with E-state index in [9.17, 15) is 4.39 Å². The fourth-order valence-electron chi connectivity index (χ4n) is 3.78. The van der Waals surface area contributed by atoms with Crippen LogP contribution in [0.4, 0.5) is 10.1 Å². The average molecular weight is 462 g/mol. The van der Waals surface area contributed by atoms with E-state index in [0.29, 0.717) is 15.7 Å². The van der Waals surface area contributed by atoms with Crippen LogP contribution in [0, 0.1) is 19.7 Å². The first-order chi connectivity index (χ1) is 14.9. The maximum absolute atomic E-state index is 14.2. The highest BCUT2D eigenvalue weighted by molar-refractivity contribution is 7.80. The molecule has 2 aromatic heterocycles. The van der Waals surface area contributed by atoms with Crippen molar-refractivity contribution in [3.8, 4) is 0 Å². The lowest BCUT2D eigenvalue weighted by molar-refractivity contribution is 0.166. The van der Waals surface area contributed by atoms with E-state index in [-0.39, 0.29) is 12.4 Å². The van der Waals surface area contributed by atoms with Gasteiger partial charge in [-0.25, -0.2) is 4.39 Å². The fraction of sp³-hybridized carbons (Fsp3) is 0.364. The second-order valence-electron chi connectivity index (χ2n) is 7.68. The van der Waals surface area contributed by atoms with Crippen LogP contribution in [0.5, 0.6) is 0 Å². The first-order valence-corrected chi connectivity index (χ1v) is 11.0. The first kappa shape index (κ1) is 21.8. The van der Waals surface area contributed by atoms with E-state index in [2.05, 4.69) is 20.2 Å². The highest BCUT2D eigenvalue weighted by Gasteiger charge is 2.22. The Morgan fingerprint density at radius 1 is 1.16 bits per heavy atom. The molecule has 1 aliphatic rings. The van der Waals surface area contributed by atoms with Gasteiger partial charge < -0.3 is 14.6 Å². The van der Waals surface area contributed by atoms with Crippen LogP contribution in [-0.4, -0.2) is 50.9 Å². The Morgan fingerprint density at radius 2 is 1.94 bits per heavy atom. The van der Waals surface area contributed by atoms with Gasteiger partial charge in [0, 0.05) is 36.8 Å². The Balaban J connectivity index is 1.39. The zero-order valence-electron chi connectivity index (χ0n) is 17.6. The molecule has 9 heteroatoms. The largest absolute Gasteiger partial charge is 0.468 e. The molecule has 0 bridgehead atoms. The molecular weight excluding hydrogens is 437 g/mol. The summed E-state index contributed by atoms with van der Waals surface area (Å²) < 4.78 is 21.4. The minimum absolute atomic E-state index is 0.262. The van der Waals surface area contributed by atoms with Crippen LogP contribution < -0.4 is 5.32 Å². The van der Waals surface area contributed by atoms with Crippen LogP contribution >= 0.6 is 23.8 Å². The van der Waals surface area contributed by atoms with E-state index in [1.807, 2.05) is 26.0 Å². The summed E-state index contributed by atoms with van der Waals surface area (Å²) in [5.41, 5.74) is 2.98. The molecule has 0 radical (unpaired) electrons.